The Labute approximate surface area is 86.2 Å². The maximum atomic E-state index is 5.71. The number of hydrogen-bond donors (Lipinski definition) is 2. The first-order chi connectivity index (χ1) is 6.70. The molecule has 0 saturated heterocycles. The highest BCUT2D eigenvalue weighted by Gasteiger charge is 2.10. The van der Waals surface area contributed by atoms with Gasteiger partial charge in [-0.15, -0.1) is 11.3 Å². The molecule has 0 radical (unpaired) electrons. The molecule has 0 aliphatic rings. The molecule has 2 aromatic heterocycles. The largest absolute Gasteiger partial charge is 0.391 e. The number of thiophene rings is 1. The summed E-state index contributed by atoms with van der Waals surface area (Å²) >= 11 is 1.52. The van der Waals surface area contributed by atoms with Gasteiger partial charge in [0, 0.05) is 6.42 Å². The van der Waals surface area contributed by atoms with Gasteiger partial charge >= 0.3 is 0 Å². The van der Waals surface area contributed by atoms with E-state index in [0.29, 0.717) is 0 Å². The van der Waals surface area contributed by atoms with Crippen molar-refractivity contribution in [1.29, 1.82) is 0 Å². The Balaban J connectivity index is 2.43. The topological polar surface area (TPSA) is 67.6 Å². The van der Waals surface area contributed by atoms with Crippen molar-refractivity contribution < 1.29 is 0 Å². The van der Waals surface area contributed by atoms with Gasteiger partial charge in [-0.2, -0.15) is 5.10 Å². The maximum Gasteiger partial charge on any atom is 0.191 e. The number of anilines is 1. The smallest absolute Gasteiger partial charge is 0.191 e. The fraction of sp³-hybridized carbons (Fsp3) is 0.333. The Morgan fingerprint density at radius 2 is 2.36 bits per heavy atom. The van der Waals surface area contributed by atoms with Gasteiger partial charge in [-0.05, 0) is 18.6 Å². The summed E-state index contributed by atoms with van der Waals surface area (Å²) in [6.07, 6.45) is 0.868. The number of aromatic nitrogens is 3. The summed E-state index contributed by atoms with van der Waals surface area (Å²) in [5.41, 5.74) is 6.84. The lowest BCUT2D eigenvalue weighted by Crippen LogP contribution is -1.81. The number of nitrogens with two attached hydrogens (primary N) is 1. The molecule has 2 aromatic rings. The summed E-state index contributed by atoms with van der Waals surface area (Å²) in [4.78, 5) is 5.42. The Kier molecular flexibility index (Phi) is 2.25. The fourth-order valence-electron chi connectivity index (χ4n) is 1.28. The third kappa shape index (κ3) is 1.50. The molecule has 0 atom stereocenters. The van der Waals surface area contributed by atoms with Crippen LogP contribution >= 0.6 is 11.3 Å². The molecule has 0 fully saturated rings. The molecule has 4 nitrogen and oxygen atoms in total. The zero-order chi connectivity index (χ0) is 10.1. The van der Waals surface area contributed by atoms with Crippen molar-refractivity contribution >= 4 is 16.3 Å². The van der Waals surface area contributed by atoms with Crippen LogP contribution in [0.5, 0.6) is 0 Å². The first-order valence-electron chi connectivity index (χ1n) is 4.48. The van der Waals surface area contributed by atoms with Crippen LogP contribution in [0.4, 0.5) is 5.00 Å². The zero-order valence-corrected chi connectivity index (χ0v) is 8.98. The number of hydrogen-bond acceptors (Lipinski definition) is 4. The molecule has 0 amide bonds. The maximum absolute atomic E-state index is 5.71. The van der Waals surface area contributed by atoms with Crippen LogP contribution in [0.2, 0.25) is 0 Å². The molecular weight excluding hydrogens is 196 g/mol. The van der Waals surface area contributed by atoms with E-state index in [0.717, 1.165) is 33.5 Å². The van der Waals surface area contributed by atoms with Crippen LogP contribution in [0.1, 0.15) is 18.3 Å². The molecule has 2 heterocycles. The van der Waals surface area contributed by atoms with Crippen LogP contribution in [-0.2, 0) is 6.42 Å². The Morgan fingerprint density at radius 1 is 1.57 bits per heavy atom. The van der Waals surface area contributed by atoms with E-state index in [1.54, 1.807) is 0 Å². The Morgan fingerprint density at radius 3 is 2.86 bits per heavy atom. The minimum atomic E-state index is 0.751. The molecule has 0 spiro atoms. The number of nitrogens with zero attached hydrogens (tertiary/aromatic N) is 2. The third-order valence-corrected chi connectivity index (χ3v) is 3.07. The van der Waals surface area contributed by atoms with Crippen LogP contribution in [0.3, 0.4) is 0 Å². The number of aromatic amines is 1. The summed E-state index contributed by atoms with van der Waals surface area (Å²) in [5, 5.41) is 7.85. The number of rotatable bonds is 2. The molecule has 0 aliphatic carbocycles. The lowest BCUT2D eigenvalue weighted by Gasteiger charge is -1.89. The van der Waals surface area contributed by atoms with E-state index in [4.69, 9.17) is 5.73 Å². The van der Waals surface area contributed by atoms with Gasteiger partial charge in [-0.1, -0.05) is 6.92 Å². The monoisotopic (exact) mass is 208 g/mol. The number of nitrogen functional groups attached to an aromatic ring is 1. The van der Waals surface area contributed by atoms with E-state index < -0.39 is 0 Å². The van der Waals surface area contributed by atoms with Crippen LogP contribution in [0.15, 0.2) is 6.07 Å². The molecule has 0 unspecified atom stereocenters. The highest BCUT2D eigenvalue weighted by Crippen LogP contribution is 2.31. The zero-order valence-electron chi connectivity index (χ0n) is 8.16. The lowest BCUT2D eigenvalue weighted by atomic mass is 10.3. The molecule has 14 heavy (non-hydrogen) atoms. The SMILES string of the molecule is CCc1nc(-c2sc(N)cc2C)n[nH]1. The van der Waals surface area contributed by atoms with Gasteiger partial charge in [0.1, 0.15) is 5.82 Å². The standard InChI is InChI=1S/C9H12N4S/c1-3-7-11-9(13-12-7)8-5(2)4-6(10)14-8/h4H,3,10H2,1-2H3,(H,11,12,13). The molecule has 5 heteroatoms. The highest BCUT2D eigenvalue weighted by molar-refractivity contribution is 7.19. The normalized spacial score (nSPS) is 10.7. The van der Waals surface area contributed by atoms with Crippen LogP contribution in [-0.4, -0.2) is 15.2 Å². The van der Waals surface area contributed by atoms with Crippen molar-refractivity contribution in [1.82, 2.24) is 15.2 Å². The van der Waals surface area contributed by atoms with Gasteiger partial charge in [0.2, 0.25) is 0 Å². The van der Waals surface area contributed by atoms with E-state index in [1.165, 1.54) is 11.3 Å². The van der Waals surface area contributed by atoms with Crippen molar-refractivity contribution in [3.05, 3.63) is 17.5 Å². The van der Waals surface area contributed by atoms with Gasteiger partial charge in [-0.25, -0.2) is 4.98 Å². The number of nitrogens with one attached hydrogen (secondary N) is 1. The minimum Gasteiger partial charge on any atom is -0.391 e. The van der Waals surface area contributed by atoms with Crippen molar-refractivity contribution in [2.24, 2.45) is 0 Å². The predicted octanol–water partition coefficient (Wildman–Crippen LogP) is 1.99. The van der Waals surface area contributed by atoms with E-state index in [9.17, 15) is 0 Å². The van der Waals surface area contributed by atoms with Crippen LogP contribution in [0.25, 0.3) is 10.7 Å². The summed E-state index contributed by atoms with van der Waals surface area (Å²) in [7, 11) is 0. The van der Waals surface area contributed by atoms with Crippen LogP contribution < -0.4 is 5.73 Å². The Bertz CT molecular complexity index is 443. The first-order valence-corrected chi connectivity index (χ1v) is 5.30. The summed E-state index contributed by atoms with van der Waals surface area (Å²) < 4.78 is 0. The van der Waals surface area contributed by atoms with E-state index in [-0.39, 0.29) is 0 Å². The summed E-state index contributed by atoms with van der Waals surface area (Å²) in [5.74, 6) is 1.66. The average molecular weight is 208 g/mol. The first kappa shape index (κ1) is 9.21. The molecule has 0 aromatic carbocycles. The number of H-pyrrole nitrogens is 1. The average Bonchev–Trinajstić information content (AvgIpc) is 2.71. The third-order valence-electron chi connectivity index (χ3n) is 2.01. The molecule has 3 N–H and O–H groups in total. The van der Waals surface area contributed by atoms with Gasteiger partial charge in [-0.3, -0.25) is 5.10 Å². The van der Waals surface area contributed by atoms with Crippen molar-refractivity contribution in [2.45, 2.75) is 20.3 Å². The van der Waals surface area contributed by atoms with E-state index in [2.05, 4.69) is 15.2 Å². The predicted molar refractivity (Wildman–Crippen MR) is 58.2 cm³/mol. The van der Waals surface area contributed by atoms with Gasteiger partial charge < -0.3 is 5.73 Å². The second-order valence-electron chi connectivity index (χ2n) is 3.12. The van der Waals surface area contributed by atoms with Gasteiger partial charge in [0.15, 0.2) is 5.82 Å². The minimum absolute atomic E-state index is 0.751. The second kappa shape index (κ2) is 3.42. The van der Waals surface area contributed by atoms with Crippen molar-refractivity contribution in [3.63, 3.8) is 0 Å². The molecule has 74 valence electrons. The quantitative estimate of drug-likeness (QED) is 0.793. The van der Waals surface area contributed by atoms with Crippen LogP contribution in [0, 0.1) is 6.92 Å². The molecule has 0 saturated carbocycles. The van der Waals surface area contributed by atoms with E-state index >= 15 is 0 Å². The second-order valence-corrected chi connectivity index (χ2v) is 4.20. The van der Waals surface area contributed by atoms with Crippen molar-refractivity contribution in [2.75, 3.05) is 5.73 Å². The molecule has 2 rings (SSSR count). The highest BCUT2D eigenvalue weighted by atomic mass is 32.1. The van der Waals surface area contributed by atoms with Crippen molar-refractivity contribution in [3.8, 4) is 10.7 Å². The fourth-order valence-corrected chi connectivity index (χ4v) is 2.16. The number of aryl methyl sites for hydroxylation is 2. The van der Waals surface area contributed by atoms with E-state index in [1.807, 2.05) is 19.9 Å². The summed E-state index contributed by atoms with van der Waals surface area (Å²) in [6, 6.07) is 1.95. The van der Waals surface area contributed by atoms with Gasteiger partial charge in [0.25, 0.3) is 0 Å². The molecule has 0 bridgehead atoms. The molecular formula is C9H12N4S. The molecule has 0 aliphatic heterocycles. The summed E-state index contributed by atoms with van der Waals surface area (Å²) in [6.45, 7) is 4.06. The van der Waals surface area contributed by atoms with Gasteiger partial charge in [0.05, 0.1) is 9.88 Å². The Hall–Kier alpha value is -1.36. The lowest BCUT2D eigenvalue weighted by molar-refractivity contribution is 0.946.